The van der Waals surface area contributed by atoms with Crippen LogP contribution in [-0.2, 0) is 0 Å². The molecule has 1 atom stereocenters. The first-order valence-corrected chi connectivity index (χ1v) is 6.45. The second kappa shape index (κ2) is 7.30. The van der Waals surface area contributed by atoms with E-state index in [-0.39, 0.29) is 12.6 Å². The Hall–Kier alpha value is -1.06. The van der Waals surface area contributed by atoms with Gasteiger partial charge in [0.1, 0.15) is 0 Å². The molecule has 1 heterocycles. The number of aryl methyl sites for hydroxylation is 1. The van der Waals surface area contributed by atoms with Crippen LogP contribution in [0, 0.1) is 6.92 Å². The molecule has 2 N–H and O–H groups in total. The molecule has 1 saturated heterocycles. The van der Waals surface area contributed by atoms with E-state index in [1.807, 2.05) is 13.8 Å². The van der Waals surface area contributed by atoms with Gasteiger partial charge in [0.15, 0.2) is 0 Å². The second-order valence-corrected chi connectivity index (χ2v) is 4.12. The van der Waals surface area contributed by atoms with E-state index >= 15 is 0 Å². The van der Waals surface area contributed by atoms with Crippen molar-refractivity contribution >= 4 is 5.69 Å². The molecule has 0 saturated carbocycles. The summed E-state index contributed by atoms with van der Waals surface area (Å²) in [6, 6.07) is 8.76. The van der Waals surface area contributed by atoms with E-state index in [4.69, 9.17) is 5.11 Å². The van der Waals surface area contributed by atoms with Crippen LogP contribution in [0.5, 0.6) is 0 Å². The fourth-order valence-corrected chi connectivity index (χ4v) is 1.94. The highest BCUT2D eigenvalue weighted by molar-refractivity contribution is 5.48. The third-order valence-electron chi connectivity index (χ3n) is 2.88. The molecule has 1 aliphatic rings. The summed E-state index contributed by atoms with van der Waals surface area (Å²) >= 11 is 0. The van der Waals surface area contributed by atoms with Gasteiger partial charge in [0.2, 0.25) is 0 Å². The number of benzene rings is 1. The van der Waals surface area contributed by atoms with Crippen molar-refractivity contribution in [2.45, 2.75) is 26.8 Å². The Morgan fingerprint density at radius 3 is 2.53 bits per heavy atom. The Morgan fingerprint density at radius 2 is 1.94 bits per heavy atom. The molecule has 3 heteroatoms. The van der Waals surface area contributed by atoms with Crippen molar-refractivity contribution in [3.63, 3.8) is 0 Å². The number of nitrogens with zero attached hydrogens (tertiary/aromatic N) is 1. The molecular weight excluding hydrogens is 212 g/mol. The number of aliphatic hydroxyl groups excluding tert-OH is 1. The van der Waals surface area contributed by atoms with Gasteiger partial charge < -0.3 is 15.3 Å². The van der Waals surface area contributed by atoms with E-state index in [0.717, 1.165) is 19.6 Å². The summed E-state index contributed by atoms with van der Waals surface area (Å²) in [5.74, 6) is 0. The van der Waals surface area contributed by atoms with Gasteiger partial charge in [-0.15, -0.1) is 0 Å². The van der Waals surface area contributed by atoms with Gasteiger partial charge in [0, 0.05) is 31.4 Å². The maximum Gasteiger partial charge on any atom is 0.0601 e. The summed E-state index contributed by atoms with van der Waals surface area (Å²) in [5.41, 5.74) is 2.54. The summed E-state index contributed by atoms with van der Waals surface area (Å²) in [6.07, 6.45) is 0. The zero-order valence-electron chi connectivity index (χ0n) is 11.1. The number of rotatable bonds is 2. The average Bonchev–Trinajstić information content (AvgIpc) is 2.42. The zero-order chi connectivity index (χ0) is 12.7. The number of nitrogens with one attached hydrogen (secondary N) is 1. The Morgan fingerprint density at radius 1 is 1.29 bits per heavy atom. The van der Waals surface area contributed by atoms with Crippen LogP contribution in [0.4, 0.5) is 5.69 Å². The Bertz CT molecular complexity index is 311. The minimum absolute atomic E-state index is 0.208. The Balaban J connectivity index is 0.000000686. The molecule has 1 aromatic carbocycles. The molecule has 0 aromatic heterocycles. The molecule has 0 spiro atoms. The summed E-state index contributed by atoms with van der Waals surface area (Å²) < 4.78 is 0. The molecule has 0 bridgehead atoms. The smallest absolute Gasteiger partial charge is 0.0601 e. The molecule has 1 fully saturated rings. The Kier molecular flexibility index (Phi) is 6.01. The third-order valence-corrected chi connectivity index (χ3v) is 2.88. The number of piperazine rings is 1. The lowest BCUT2D eigenvalue weighted by Gasteiger charge is -2.34. The number of hydrogen-bond donors (Lipinski definition) is 2. The van der Waals surface area contributed by atoms with Crippen LogP contribution < -0.4 is 10.2 Å². The second-order valence-electron chi connectivity index (χ2n) is 4.12. The Labute approximate surface area is 104 Å². The molecule has 0 aliphatic carbocycles. The first kappa shape index (κ1) is 14.0. The minimum Gasteiger partial charge on any atom is -0.395 e. The van der Waals surface area contributed by atoms with E-state index in [0.29, 0.717) is 0 Å². The molecule has 1 aliphatic heterocycles. The van der Waals surface area contributed by atoms with E-state index in [1.54, 1.807) is 0 Å². The lowest BCUT2D eigenvalue weighted by molar-refractivity contribution is 0.235. The fraction of sp³-hybridized carbons (Fsp3) is 0.571. The van der Waals surface area contributed by atoms with Crippen molar-refractivity contribution < 1.29 is 5.11 Å². The van der Waals surface area contributed by atoms with Gasteiger partial charge in [-0.1, -0.05) is 31.5 Å². The topological polar surface area (TPSA) is 35.5 Å². The molecule has 1 unspecified atom stereocenters. The molecule has 0 amide bonds. The largest absolute Gasteiger partial charge is 0.395 e. The van der Waals surface area contributed by atoms with Crippen LogP contribution in [-0.4, -0.2) is 37.4 Å². The summed E-state index contributed by atoms with van der Waals surface area (Å²) in [6.45, 7) is 9.15. The number of hydrogen-bond acceptors (Lipinski definition) is 3. The zero-order valence-corrected chi connectivity index (χ0v) is 11.1. The van der Waals surface area contributed by atoms with Crippen molar-refractivity contribution in [3.8, 4) is 0 Å². The van der Waals surface area contributed by atoms with Crippen molar-refractivity contribution in [2.75, 3.05) is 31.1 Å². The van der Waals surface area contributed by atoms with Gasteiger partial charge in [-0.2, -0.15) is 0 Å². The first-order chi connectivity index (χ1) is 8.29. The van der Waals surface area contributed by atoms with E-state index in [2.05, 4.69) is 41.4 Å². The minimum atomic E-state index is 0.208. The standard InChI is InChI=1S/C12H18N2O.C2H6/c1-10-2-4-12(5-3-10)14-7-6-13-11(8-14)9-15;1-2/h2-5,11,13,15H,6-9H2,1H3;1-2H3. The SMILES string of the molecule is CC.Cc1ccc(N2CCNC(CO)C2)cc1. The van der Waals surface area contributed by atoms with Gasteiger partial charge in [0.05, 0.1) is 6.61 Å². The predicted molar refractivity (Wildman–Crippen MR) is 73.6 cm³/mol. The van der Waals surface area contributed by atoms with Crippen LogP contribution in [0.1, 0.15) is 19.4 Å². The number of anilines is 1. The molecule has 1 aromatic rings. The van der Waals surface area contributed by atoms with Gasteiger partial charge >= 0.3 is 0 Å². The average molecular weight is 236 g/mol. The lowest BCUT2D eigenvalue weighted by atomic mass is 10.1. The number of aliphatic hydroxyl groups is 1. The molecule has 2 rings (SSSR count). The molecule has 96 valence electrons. The highest BCUT2D eigenvalue weighted by Gasteiger charge is 2.18. The quantitative estimate of drug-likeness (QED) is 0.822. The maximum atomic E-state index is 9.11. The van der Waals surface area contributed by atoms with Crippen LogP contribution in [0.3, 0.4) is 0 Å². The van der Waals surface area contributed by atoms with Gasteiger partial charge in [0.25, 0.3) is 0 Å². The van der Waals surface area contributed by atoms with Crippen molar-refractivity contribution in [1.29, 1.82) is 0 Å². The highest BCUT2D eigenvalue weighted by atomic mass is 16.3. The monoisotopic (exact) mass is 236 g/mol. The summed E-state index contributed by atoms with van der Waals surface area (Å²) in [5, 5.41) is 12.4. The molecule has 3 nitrogen and oxygen atoms in total. The van der Waals surface area contributed by atoms with Gasteiger partial charge in [-0.3, -0.25) is 0 Å². The predicted octanol–water partition coefficient (Wildman–Crippen LogP) is 1.79. The van der Waals surface area contributed by atoms with Gasteiger partial charge in [-0.05, 0) is 19.1 Å². The summed E-state index contributed by atoms with van der Waals surface area (Å²) in [7, 11) is 0. The van der Waals surface area contributed by atoms with Crippen LogP contribution in [0.15, 0.2) is 24.3 Å². The highest BCUT2D eigenvalue weighted by Crippen LogP contribution is 2.16. The lowest BCUT2D eigenvalue weighted by Crippen LogP contribution is -2.52. The summed E-state index contributed by atoms with van der Waals surface area (Å²) in [4.78, 5) is 2.32. The third kappa shape index (κ3) is 4.02. The molecular formula is C14H24N2O. The van der Waals surface area contributed by atoms with E-state index in [9.17, 15) is 0 Å². The normalized spacial score (nSPS) is 19.5. The van der Waals surface area contributed by atoms with E-state index < -0.39 is 0 Å². The van der Waals surface area contributed by atoms with Crippen LogP contribution in [0.2, 0.25) is 0 Å². The van der Waals surface area contributed by atoms with Crippen LogP contribution in [0.25, 0.3) is 0 Å². The van der Waals surface area contributed by atoms with Gasteiger partial charge in [-0.25, -0.2) is 0 Å². The fourth-order valence-electron chi connectivity index (χ4n) is 1.94. The molecule has 17 heavy (non-hydrogen) atoms. The van der Waals surface area contributed by atoms with Crippen molar-refractivity contribution in [1.82, 2.24) is 5.32 Å². The van der Waals surface area contributed by atoms with Crippen molar-refractivity contribution in [2.24, 2.45) is 0 Å². The van der Waals surface area contributed by atoms with E-state index in [1.165, 1.54) is 11.3 Å². The first-order valence-electron chi connectivity index (χ1n) is 6.45. The molecule has 0 radical (unpaired) electrons. The van der Waals surface area contributed by atoms with Crippen molar-refractivity contribution in [3.05, 3.63) is 29.8 Å². The van der Waals surface area contributed by atoms with Crippen LogP contribution >= 0.6 is 0 Å². The maximum absolute atomic E-state index is 9.11.